The van der Waals surface area contributed by atoms with E-state index in [0.29, 0.717) is 29.5 Å². The third kappa shape index (κ3) is 6.02. The highest BCUT2D eigenvalue weighted by Crippen LogP contribution is 2.27. The van der Waals surface area contributed by atoms with Crippen molar-refractivity contribution in [3.63, 3.8) is 0 Å². The maximum atomic E-state index is 12.1. The summed E-state index contributed by atoms with van der Waals surface area (Å²) in [5, 5.41) is 7.02. The number of benzene rings is 2. The van der Waals surface area contributed by atoms with Gasteiger partial charge in [-0.25, -0.2) is 0 Å². The van der Waals surface area contributed by atoms with Gasteiger partial charge in [-0.15, -0.1) is 11.8 Å². The zero-order valence-corrected chi connectivity index (χ0v) is 17.3. The van der Waals surface area contributed by atoms with Crippen molar-refractivity contribution in [3.05, 3.63) is 65.9 Å². The third-order valence-corrected chi connectivity index (χ3v) is 5.24. The first kappa shape index (κ1) is 20.8. The molecule has 0 aliphatic rings. The number of methoxy groups -OCH3 is 2. The van der Waals surface area contributed by atoms with E-state index in [2.05, 4.69) is 10.5 Å². The Labute approximate surface area is 174 Å². The van der Waals surface area contributed by atoms with Gasteiger partial charge in [0.15, 0.2) is 11.5 Å². The lowest BCUT2D eigenvalue weighted by Gasteiger charge is -2.10. The van der Waals surface area contributed by atoms with E-state index in [4.69, 9.17) is 14.0 Å². The number of carbonyl (C=O) groups excluding carboxylic acids is 1. The van der Waals surface area contributed by atoms with Gasteiger partial charge in [-0.3, -0.25) is 4.79 Å². The molecule has 1 amide bonds. The topological polar surface area (TPSA) is 73.6 Å². The van der Waals surface area contributed by atoms with E-state index in [1.165, 1.54) is 11.8 Å². The van der Waals surface area contributed by atoms with Crippen LogP contribution in [0.1, 0.15) is 11.3 Å². The summed E-state index contributed by atoms with van der Waals surface area (Å²) in [6, 6.07) is 17.5. The van der Waals surface area contributed by atoms with Crippen LogP contribution in [-0.4, -0.2) is 37.6 Å². The Morgan fingerprint density at radius 1 is 1.07 bits per heavy atom. The van der Waals surface area contributed by atoms with Crippen molar-refractivity contribution in [2.45, 2.75) is 12.2 Å². The second-order valence-corrected chi connectivity index (χ2v) is 7.31. The molecule has 152 valence electrons. The Balaban J connectivity index is 1.38. The molecule has 3 aromatic rings. The van der Waals surface area contributed by atoms with Crippen molar-refractivity contribution in [1.82, 2.24) is 10.5 Å². The normalized spacial score (nSPS) is 10.6. The molecule has 0 saturated heterocycles. The van der Waals surface area contributed by atoms with Crippen LogP contribution in [0.15, 0.2) is 59.1 Å². The summed E-state index contributed by atoms with van der Waals surface area (Å²) in [5.74, 6) is 3.11. The van der Waals surface area contributed by atoms with Gasteiger partial charge in [-0.2, -0.15) is 0 Å². The predicted molar refractivity (Wildman–Crippen MR) is 114 cm³/mol. The summed E-state index contributed by atoms with van der Waals surface area (Å²) in [5.41, 5.74) is 2.90. The van der Waals surface area contributed by atoms with Gasteiger partial charge in [0.05, 0.1) is 25.7 Å². The van der Waals surface area contributed by atoms with Gasteiger partial charge in [-0.1, -0.05) is 41.6 Å². The van der Waals surface area contributed by atoms with Crippen LogP contribution in [0, 0.1) is 0 Å². The van der Waals surface area contributed by atoms with Gasteiger partial charge < -0.3 is 19.3 Å². The van der Waals surface area contributed by atoms with E-state index in [-0.39, 0.29) is 5.91 Å². The highest BCUT2D eigenvalue weighted by molar-refractivity contribution is 7.99. The van der Waals surface area contributed by atoms with Crippen molar-refractivity contribution < 1.29 is 18.8 Å². The van der Waals surface area contributed by atoms with E-state index in [9.17, 15) is 4.79 Å². The van der Waals surface area contributed by atoms with Gasteiger partial charge in [-0.05, 0) is 24.1 Å². The molecule has 1 heterocycles. The van der Waals surface area contributed by atoms with Gasteiger partial charge in [0.25, 0.3) is 0 Å². The molecule has 0 atom stereocenters. The first-order valence-electron chi connectivity index (χ1n) is 9.26. The number of hydrogen-bond acceptors (Lipinski definition) is 6. The number of rotatable bonds is 10. The van der Waals surface area contributed by atoms with Crippen LogP contribution in [0.4, 0.5) is 0 Å². The molecule has 0 aliphatic carbocycles. The largest absolute Gasteiger partial charge is 0.493 e. The Bertz CT molecular complexity index is 928. The number of carbonyl (C=O) groups is 1. The Morgan fingerprint density at radius 3 is 2.62 bits per heavy atom. The number of aromatic nitrogens is 1. The lowest BCUT2D eigenvalue weighted by atomic mass is 10.1. The summed E-state index contributed by atoms with van der Waals surface area (Å²) >= 11 is 1.50. The monoisotopic (exact) mass is 412 g/mol. The highest BCUT2D eigenvalue weighted by atomic mass is 32.2. The molecule has 0 bridgehead atoms. The second-order valence-electron chi connectivity index (χ2n) is 6.33. The average Bonchev–Trinajstić information content (AvgIpc) is 3.23. The Hall–Kier alpha value is -2.93. The predicted octanol–water partition coefficient (Wildman–Crippen LogP) is 3.95. The summed E-state index contributed by atoms with van der Waals surface area (Å²) < 4.78 is 15.9. The number of thioether (sulfide) groups is 1. The van der Waals surface area contributed by atoms with Gasteiger partial charge >= 0.3 is 0 Å². The smallest absolute Gasteiger partial charge is 0.230 e. The molecule has 0 unspecified atom stereocenters. The van der Waals surface area contributed by atoms with E-state index >= 15 is 0 Å². The molecule has 7 heteroatoms. The molecule has 2 aromatic carbocycles. The minimum atomic E-state index is -0.00160. The molecule has 6 nitrogen and oxygen atoms in total. The number of ether oxygens (including phenoxy) is 2. The van der Waals surface area contributed by atoms with Crippen LogP contribution in [0.2, 0.25) is 0 Å². The fourth-order valence-electron chi connectivity index (χ4n) is 2.80. The van der Waals surface area contributed by atoms with Crippen LogP contribution < -0.4 is 14.8 Å². The number of nitrogens with zero attached hydrogens (tertiary/aromatic N) is 1. The number of nitrogens with one attached hydrogen (secondary N) is 1. The van der Waals surface area contributed by atoms with Crippen molar-refractivity contribution in [3.8, 4) is 22.8 Å². The van der Waals surface area contributed by atoms with Gasteiger partial charge in [0.1, 0.15) is 11.5 Å². The molecule has 0 aliphatic heterocycles. The molecule has 0 saturated carbocycles. The van der Waals surface area contributed by atoms with Crippen molar-refractivity contribution in [1.29, 1.82) is 0 Å². The van der Waals surface area contributed by atoms with Crippen molar-refractivity contribution in [2.75, 3.05) is 26.5 Å². The molecular weight excluding hydrogens is 388 g/mol. The zero-order chi connectivity index (χ0) is 20.5. The summed E-state index contributed by atoms with van der Waals surface area (Å²) in [6.07, 6.45) is 0.722. The quantitative estimate of drug-likeness (QED) is 0.544. The standard InChI is InChI=1S/C22H24N2O4S/c1-26-20-9-8-16(12-21(20)27-2)10-11-23-22(25)15-29-14-18-13-19(24-28-18)17-6-4-3-5-7-17/h3-9,12-13H,10-11,14-15H2,1-2H3,(H,23,25). The maximum absolute atomic E-state index is 12.1. The molecular formula is C22H24N2O4S. The van der Waals surface area contributed by atoms with Gasteiger partial charge in [0.2, 0.25) is 5.91 Å². The fraction of sp³-hybridized carbons (Fsp3) is 0.273. The molecule has 1 N–H and O–H groups in total. The third-order valence-electron chi connectivity index (χ3n) is 4.29. The maximum Gasteiger partial charge on any atom is 0.230 e. The average molecular weight is 413 g/mol. The lowest BCUT2D eigenvalue weighted by Crippen LogP contribution is -2.27. The van der Waals surface area contributed by atoms with Crippen LogP contribution in [0.3, 0.4) is 0 Å². The van der Waals surface area contributed by atoms with Crippen LogP contribution >= 0.6 is 11.8 Å². The molecule has 0 spiro atoms. The first-order chi connectivity index (χ1) is 14.2. The molecule has 1 aromatic heterocycles. The fourth-order valence-corrected chi connectivity index (χ4v) is 3.53. The number of hydrogen-bond donors (Lipinski definition) is 1. The minimum absolute atomic E-state index is 0.00160. The van der Waals surface area contributed by atoms with E-state index in [1.54, 1.807) is 14.2 Å². The van der Waals surface area contributed by atoms with Crippen LogP contribution in [0.25, 0.3) is 11.3 Å². The molecule has 29 heavy (non-hydrogen) atoms. The first-order valence-corrected chi connectivity index (χ1v) is 10.4. The summed E-state index contributed by atoms with van der Waals surface area (Å²) in [7, 11) is 3.22. The van der Waals surface area contributed by atoms with E-state index in [0.717, 1.165) is 29.0 Å². The minimum Gasteiger partial charge on any atom is -0.493 e. The molecule has 3 rings (SSSR count). The van der Waals surface area contributed by atoms with Gasteiger partial charge in [0, 0.05) is 18.2 Å². The van der Waals surface area contributed by atoms with E-state index in [1.807, 2.05) is 54.6 Å². The summed E-state index contributed by atoms with van der Waals surface area (Å²) in [6.45, 7) is 0.565. The molecule has 0 radical (unpaired) electrons. The van der Waals surface area contributed by atoms with Crippen molar-refractivity contribution in [2.24, 2.45) is 0 Å². The Morgan fingerprint density at radius 2 is 1.86 bits per heavy atom. The van der Waals surface area contributed by atoms with E-state index < -0.39 is 0 Å². The summed E-state index contributed by atoms with van der Waals surface area (Å²) in [4.78, 5) is 12.1. The zero-order valence-electron chi connectivity index (χ0n) is 16.5. The second kappa shape index (κ2) is 10.6. The molecule has 0 fully saturated rings. The Kier molecular flexibility index (Phi) is 7.58. The highest BCUT2D eigenvalue weighted by Gasteiger charge is 2.09. The van der Waals surface area contributed by atoms with Crippen LogP contribution in [0.5, 0.6) is 11.5 Å². The number of amides is 1. The van der Waals surface area contributed by atoms with Crippen molar-refractivity contribution >= 4 is 17.7 Å². The SMILES string of the molecule is COc1ccc(CCNC(=O)CSCc2cc(-c3ccccc3)no2)cc1OC. The lowest BCUT2D eigenvalue weighted by molar-refractivity contribution is -0.118. The van der Waals surface area contributed by atoms with Crippen LogP contribution in [-0.2, 0) is 17.0 Å².